The molecule has 7 heteroatoms. The second kappa shape index (κ2) is 5.85. The smallest absolute Gasteiger partial charge is 0.406 e. The maximum absolute atomic E-state index is 13.7. The molecule has 0 saturated heterocycles. The van der Waals surface area contributed by atoms with Crippen LogP contribution >= 0.6 is 15.9 Å². The highest BCUT2D eigenvalue weighted by molar-refractivity contribution is 9.10. The Hall–Kier alpha value is -1.89. The van der Waals surface area contributed by atoms with Crippen molar-refractivity contribution in [2.24, 2.45) is 0 Å². The summed E-state index contributed by atoms with van der Waals surface area (Å²) in [6.07, 6.45) is -4.86. The summed E-state index contributed by atoms with van der Waals surface area (Å²) >= 11 is 3.04. The number of hydrogen-bond donors (Lipinski definition) is 0. The number of ether oxygens (including phenoxy) is 1. The predicted octanol–water partition coefficient (Wildman–Crippen LogP) is 4.72. The van der Waals surface area contributed by atoms with Gasteiger partial charge in [0.05, 0.1) is 5.56 Å². The van der Waals surface area contributed by atoms with Crippen molar-refractivity contribution in [3.05, 3.63) is 63.9 Å². The van der Waals surface area contributed by atoms with Crippen LogP contribution in [0.1, 0.15) is 15.9 Å². The molecule has 0 heterocycles. The minimum Gasteiger partial charge on any atom is -0.406 e. The summed E-state index contributed by atoms with van der Waals surface area (Å²) in [5, 5.41) is 0. The first-order valence-corrected chi connectivity index (χ1v) is 6.42. The van der Waals surface area contributed by atoms with Crippen LogP contribution in [-0.2, 0) is 0 Å². The molecule has 21 heavy (non-hydrogen) atoms. The van der Waals surface area contributed by atoms with Crippen LogP contribution in [0.4, 0.5) is 17.6 Å². The van der Waals surface area contributed by atoms with E-state index in [1.807, 2.05) is 0 Å². The van der Waals surface area contributed by atoms with Gasteiger partial charge in [-0.3, -0.25) is 4.79 Å². The van der Waals surface area contributed by atoms with Crippen molar-refractivity contribution in [3.8, 4) is 5.75 Å². The van der Waals surface area contributed by atoms with Gasteiger partial charge < -0.3 is 4.74 Å². The molecule has 0 saturated carbocycles. The van der Waals surface area contributed by atoms with E-state index < -0.39 is 23.7 Å². The third kappa shape index (κ3) is 3.81. The quantitative estimate of drug-likeness (QED) is 0.583. The lowest BCUT2D eigenvalue weighted by Crippen LogP contribution is -2.17. The largest absolute Gasteiger partial charge is 0.573 e. The van der Waals surface area contributed by atoms with Crippen molar-refractivity contribution < 1.29 is 27.1 Å². The molecule has 0 N–H and O–H groups in total. The van der Waals surface area contributed by atoms with Gasteiger partial charge in [0, 0.05) is 10.0 Å². The Morgan fingerprint density at radius 2 is 1.76 bits per heavy atom. The average molecular weight is 363 g/mol. The molecule has 0 aliphatic heterocycles. The first-order chi connectivity index (χ1) is 9.78. The molecular formula is C14H7BrF4O2. The fraction of sp³-hybridized carbons (Fsp3) is 0.0714. The third-order valence-corrected chi connectivity index (χ3v) is 3.18. The second-order valence-corrected chi connectivity index (χ2v) is 4.86. The fourth-order valence-corrected chi connectivity index (χ4v) is 2.22. The highest BCUT2D eigenvalue weighted by Gasteiger charge is 2.31. The molecule has 2 rings (SSSR count). The van der Waals surface area contributed by atoms with Gasteiger partial charge >= 0.3 is 6.36 Å². The highest BCUT2D eigenvalue weighted by atomic mass is 79.9. The van der Waals surface area contributed by atoms with Crippen LogP contribution in [-0.4, -0.2) is 12.1 Å². The Morgan fingerprint density at radius 1 is 1.10 bits per heavy atom. The Labute approximate surface area is 125 Å². The molecule has 0 bridgehead atoms. The number of benzene rings is 2. The van der Waals surface area contributed by atoms with Crippen LogP contribution in [0, 0.1) is 5.82 Å². The maximum atomic E-state index is 13.7. The molecule has 0 fully saturated rings. The molecule has 0 unspecified atom stereocenters. The van der Waals surface area contributed by atoms with Crippen LogP contribution in [0.2, 0.25) is 0 Å². The molecule has 0 radical (unpaired) electrons. The SMILES string of the molecule is O=C(c1cccc(OC(F)(F)F)c1)c1c(F)cccc1Br. The van der Waals surface area contributed by atoms with Gasteiger partial charge in [0.25, 0.3) is 0 Å². The van der Waals surface area contributed by atoms with Crippen LogP contribution in [0.25, 0.3) is 0 Å². The molecular weight excluding hydrogens is 356 g/mol. The van der Waals surface area contributed by atoms with Crippen LogP contribution < -0.4 is 4.74 Å². The molecule has 0 spiro atoms. The molecule has 0 amide bonds. The summed E-state index contributed by atoms with van der Waals surface area (Å²) in [6, 6.07) is 8.43. The van der Waals surface area contributed by atoms with Crippen molar-refractivity contribution in [3.63, 3.8) is 0 Å². The third-order valence-electron chi connectivity index (χ3n) is 2.52. The summed E-state index contributed by atoms with van der Waals surface area (Å²) in [7, 11) is 0. The lowest BCUT2D eigenvalue weighted by atomic mass is 10.0. The number of hydrogen-bond acceptors (Lipinski definition) is 2. The summed E-state index contributed by atoms with van der Waals surface area (Å²) in [5.41, 5.74) is -0.357. The number of carbonyl (C=O) groups excluding carboxylic acids is 1. The van der Waals surface area contributed by atoms with E-state index in [1.54, 1.807) is 0 Å². The van der Waals surface area contributed by atoms with Crippen molar-refractivity contribution in [2.75, 3.05) is 0 Å². The molecule has 0 aliphatic rings. The number of ketones is 1. The standard InChI is InChI=1S/C14H7BrF4O2/c15-10-5-2-6-11(16)12(10)13(20)8-3-1-4-9(7-8)21-14(17,18)19/h1-7H. The van der Waals surface area contributed by atoms with Gasteiger partial charge in [-0.1, -0.05) is 18.2 Å². The molecule has 110 valence electrons. The second-order valence-electron chi connectivity index (χ2n) is 4.00. The van der Waals surface area contributed by atoms with Crippen molar-refractivity contribution in [1.82, 2.24) is 0 Å². The van der Waals surface area contributed by atoms with E-state index in [-0.39, 0.29) is 15.6 Å². The first-order valence-electron chi connectivity index (χ1n) is 5.62. The summed E-state index contributed by atoms with van der Waals surface area (Å²) in [5.74, 6) is -2.05. The highest BCUT2D eigenvalue weighted by Crippen LogP contribution is 2.27. The van der Waals surface area contributed by atoms with Gasteiger partial charge in [0.2, 0.25) is 0 Å². The van der Waals surface area contributed by atoms with Gasteiger partial charge in [0.15, 0.2) is 5.78 Å². The van der Waals surface area contributed by atoms with Crippen LogP contribution in [0.5, 0.6) is 5.75 Å². The van der Waals surface area contributed by atoms with E-state index in [9.17, 15) is 22.4 Å². The van der Waals surface area contributed by atoms with E-state index in [4.69, 9.17) is 0 Å². The molecule has 2 nitrogen and oxygen atoms in total. The lowest BCUT2D eigenvalue weighted by Gasteiger charge is -2.10. The normalized spacial score (nSPS) is 11.3. The van der Waals surface area contributed by atoms with Crippen LogP contribution in [0.15, 0.2) is 46.9 Å². The minimum absolute atomic E-state index is 0.109. The number of alkyl halides is 3. The zero-order valence-corrected chi connectivity index (χ0v) is 11.8. The molecule has 2 aromatic carbocycles. The Balaban J connectivity index is 2.38. The van der Waals surface area contributed by atoms with Gasteiger partial charge in [-0.25, -0.2) is 4.39 Å². The van der Waals surface area contributed by atoms with E-state index in [2.05, 4.69) is 20.7 Å². The summed E-state index contributed by atoms with van der Waals surface area (Å²) in [6.45, 7) is 0. The topological polar surface area (TPSA) is 26.3 Å². The van der Waals surface area contributed by atoms with Crippen molar-refractivity contribution in [2.45, 2.75) is 6.36 Å². The monoisotopic (exact) mass is 362 g/mol. The number of halogens is 5. The molecule has 2 aromatic rings. The number of rotatable bonds is 3. The maximum Gasteiger partial charge on any atom is 0.573 e. The van der Waals surface area contributed by atoms with Gasteiger partial charge in [-0.05, 0) is 40.2 Å². The Kier molecular flexibility index (Phi) is 4.32. The molecule has 0 aliphatic carbocycles. The zero-order valence-electron chi connectivity index (χ0n) is 10.2. The predicted molar refractivity (Wildman–Crippen MR) is 70.7 cm³/mol. The van der Waals surface area contributed by atoms with Gasteiger partial charge in [0.1, 0.15) is 11.6 Å². The van der Waals surface area contributed by atoms with Crippen molar-refractivity contribution in [1.29, 1.82) is 0 Å². The number of carbonyl (C=O) groups is 1. The van der Waals surface area contributed by atoms with E-state index >= 15 is 0 Å². The van der Waals surface area contributed by atoms with Gasteiger partial charge in [-0.15, -0.1) is 13.2 Å². The molecule has 0 atom stereocenters. The lowest BCUT2D eigenvalue weighted by molar-refractivity contribution is -0.274. The first kappa shape index (κ1) is 15.5. The Morgan fingerprint density at radius 3 is 2.38 bits per heavy atom. The average Bonchev–Trinajstić information content (AvgIpc) is 2.36. The summed E-state index contributed by atoms with van der Waals surface area (Å²) in [4.78, 5) is 12.2. The van der Waals surface area contributed by atoms with Crippen LogP contribution in [0.3, 0.4) is 0 Å². The van der Waals surface area contributed by atoms with Crippen molar-refractivity contribution >= 4 is 21.7 Å². The van der Waals surface area contributed by atoms with E-state index in [1.165, 1.54) is 24.3 Å². The van der Waals surface area contributed by atoms with E-state index in [0.29, 0.717) is 0 Å². The zero-order chi connectivity index (χ0) is 15.6. The van der Waals surface area contributed by atoms with E-state index in [0.717, 1.165) is 18.2 Å². The Bertz CT molecular complexity index is 663. The molecule has 0 aromatic heterocycles. The fourth-order valence-electron chi connectivity index (χ4n) is 1.69. The van der Waals surface area contributed by atoms with Gasteiger partial charge in [-0.2, -0.15) is 0 Å². The minimum atomic E-state index is -4.86. The summed E-state index contributed by atoms with van der Waals surface area (Å²) < 4.78 is 54.1.